The maximum atomic E-state index is 3.74. The van der Waals surface area contributed by atoms with Gasteiger partial charge >= 0.3 is 0 Å². The van der Waals surface area contributed by atoms with E-state index in [1.165, 1.54) is 30.4 Å². The van der Waals surface area contributed by atoms with Gasteiger partial charge in [-0.15, -0.1) is 6.58 Å². The summed E-state index contributed by atoms with van der Waals surface area (Å²) in [6.45, 7) is 9.26. The first-order valence-corrected chi connectivity index (χ1v) is 6.65. The predicted octanol–water partition coefficient (Wildman–Crippen LogP) is 4.39. The van der Waals surface area contributed by atoms with Crippen molar-refractivity contribution < 1.29 is 0 Å². The van der Waals surface area contributed by atoms with Crippen LogP contribution < -0.4 is 5.32 Å². The van der Waals surface area contributed by atoms with Crippen molar-refractivity contribution in [2.75, 3.05) is 6.54 Å². The van der Waals surface area contributed by atoms with E-state index < -0.39 is 0 Å². The Labute approximate surface area is 106 Å². The molecule has 0 fully saturated rings. The zero-order valence-electron chi connectivity index (χ0n) is 11.2. The minimum atomic E-state index is 0.454. The third-order valence-electron chi connectivity index (χ3n) is 3.19. The molecule has 0 unspecified atom stereocenters. The second-order valence-corrected chi connectivity index (χ2v) is 4.67. The molecule has 0 bridgehead atoms. The summed E-state index contributed by atoms with van der Waals surface area (Å²) >= 11 is 0. The molecular formula is C16H25N. The fraction of sp³-hybridized carbons (Fsp3) is 0.500. The van der Waals surface area contributed by atoms with Gasteiger partial charge in [-0.1, -0.05) is 36.8 Å². The number of rotatable bonds is 8. The van der Waals surface area contributed by atoms with Crippen molar-refractivity contribution in [2.45, 2.75) is 45.6 Å². The van der Waals surface area contributed by atoms with E-state index in [1.54, 1.807) is 0 Å². The van der Waals surface area contributed by atoms with E-state index >= 15 is 0 Å². The molecule has 0 aliphatic rings. The van der Waals surface area contributed by atoms with Crippen LogP contribution >= 0.6 is 0 Å². The molecule has 1 rings (SSSR count). The highest BCUT2D eigenvalue weighted by Gasteiger charge is 2.05. The van der Waals surface area contributed by atoms with E-state index in [0.717, 1.165) is 13.0 Å². The van der Waals surface area contributed by atoms with Gasteiger partial charge in [0.05, 0.1) is 0 Å². The average molecular weight is 231 g/mol. The topological polar surface area (TPSA) is 12.0 Å². The number of aryl methyl sites for hydroxylation is 1. The van der Waals surface area contributed by atoms with Gasteiger partial charge in [0.1, 0.15) is 0 Å². The first kappa shape index (κ1) is 14.0. The third kappa shape index (κ3) is 5.18. The molecule has 1 aromatic carbocycles. The van der Waals surface area contributed by atoms with E-state index in [2.05, 4.69) is 50.0 Å². The van der Waals surface area contributed by atoms with Crippen LogP contribution in [0.5, 0.6) is 0 Å². The Bertz CT molecular complexity index is 330. The predicted molar refractivity (Wildman–Crippen MR) is 76.3 cm³/mol. The molecule has 0 aromatic heterocycles. The van der Waals surface area contributed by atoms with Crippen LogP contribution in [0, 0.1) is 6.92 Å². The van der Waals surface area contributed by atoms with Gasteiger partial charge < -0.3 is 5.32 Å². The van der Waals surface area contributed by atoms with Crippen molar-refractivity contribution in [2.24, 2.45) is 0 Å². The summed E-state index contributed by atoms with van der Waals surface area (Å²) in [6.07, 6.45) is 6.96. The molecule has 0 spiro atoms. The number of hydrogen-bond acceptors (Lipinski definition) is 1. The highest BCUT2D eigenvalue weighted by atomic mass is 14.9. The lowest BCUT2D eigenvalue weighted by atomic mass is 10.0. The van der Waals surface area contributed by atoms with Crippen molar-refractivity contribution in [3.05, 3.63) is 48.0 Å². The van der Waals surface area contributed by atoms with E-state index in [9.17, 15) is 0 Å². The fourth-order valence-corrected chi connectivity index (χ4v) is 2.09. The summed E-state index contributed by atoms with van der Waals surface area (Å²) in [6, 6.07) is 9.06. The van der Waals surface area contributed by atoms with Gasteiger partial charge in [0.25, 0.3) is 0 Å². The Morgan fingerprint density at radius 3 is 2.71 bits per heavy atom. The number of allylic oxidation sites excluding steroid dienone is 1. The lowest BCUT2D eigenvalue weighted by Crippen LogP contribution is -2.20. The first-order chi connectivity index (χ1) is 8.25. The summed E-state index contributed by atoms with van der Waals surface area (Å²) in [5.74, 6) is 0. The van der Waals surface area contributed by atoms with E-state index in [0.29, 0.717) is 6.04 Å². The molecule has 0 saturated carbocycles. The van der Waals surface area contributed by atoms with E-state index in [4.69, 9.17) is 0 Å². The molecule has 1 aromatic rings. The summed E-state index contributed by atoms with van der Waals surface area (Å²) in [4.78, 5) is 0. The SMILES string of the molecule is C=CCCCCCN[C@@H](C)c1ccccc1C. The van der Waals surface area contributed by atoms with Crippen molar-refractivity contribution in [1.29, 1.82) is 0 Å². The molecule has 0 aliphatic carbocycles. The summed E-state index contributed by atoms with van der Waals surface area (Å²) in [7, 11) is 0. The monoisotopic (exact) mass is 231 g/mol. The van der Waals surface area contributed by atoms with Crippen LogP contribution in [0.15, 0.2) is 36.9 Å². The lowest BCUT2D eigenvalue weighted by Gasteiger charge is -2.16. The van der Waals surface area contributed by atoms with Crippen molar-refractivity contribution in [1.82, 2.24) is 5.32 Å². The Kier molecular flexibility index (Phi) is 6.64. The lowest BCUT2D eigenvalue weighted by molar-refractivity contribution is 0.538. The van der Waals surface area contributed by atoms with Crippen LogP contribution in [0.25, 0.3) is 0 Å². The van der Waals surface area contributed by atoms with Gasteiger partial charge in [0.15, 0.2) is 0 Å². The Morgan fingerprint density at radius 1 is 1.24 bits per heavy atom. The second kappa shape index (κ2) is 8.08. The van der Waals surface area contributed by atoms with Gasteiger partial charge in [-0.25, -0.2) is 0 Å². The Morgan fingerprint density at radius 2 is 2.00 bits per heavy atom. The molecule has 0 heterocycles. The summed E-state index contributed by atoms with van der Waals surface area (Å²) < 4.78 is 0. The largest absolute Gasteiger partial charge is 0.310 e. The standard InChI is InChI=1S/C16H25N/c1-4-5-6-7-10-13-17-15(3)16-12-9-8-11-14(16)2/h4,8-9,11-12,15,17H,1,5-7,10,13H2,2-3H3/t15-/m0/s1. The number of hydrogen-bond donors (Lipinski definition) is 1. The summed E-state index contributed by atoms with van der Waals surface area (Å²) in [5.41, 5.74) is 2.79. The van der Waals surface area contributed by atoms with Crippen LogP contribution in [0.1, 0.15) is 49.8 Å². The minimum absolute atomic E-state index is 0.454. The molecule has 0 radical (unpaired) electrons. The molecule has 1 heteroatoms. The molecule has 17 heavy (non-hydrogen) atoms. The van der Waals surface area contributed by atoms with Crippen LogP contribution in [0.2, 0.25) is 0 Å². The van der Waals surface area contributed by atoms with Crippen molar-refractivity contribution in [3.8, 4) is 0 Å². The van der Waals surface area contributed by atoms with Gasteiger partial charge in [0.2, 0.25) is 0 Å². The number of nitrogens with one attached hydrogen (secondary N) is 1. The van der Waals surface area contributed by atoms with Gasteiger partial charge in [-0.2, -0.15) is 0 Å². The smallest absolute Gasteiger partial charge is 0.0294 e. The van der Waals surface area contributed by atoms with Crippen LogP contribution in [0.3, 0.4) is 0 Å². The van der Waals surface area contributed by atoms with Crippen LogP contribution in [0.4, 0.5) is 0 Å². The third-order valence-corrected chi connectivity index (χ3v) is 3.19. The normalized spacial score (nSPS) is 12.4. The van der Waals surface area contributed by atoms with Gasteiger partial charge in [-0.3, -0.25) is 0 Å². The fourth-order valence-electron chi connectivity index (χ4n) is 2.09. The van der Waals surface area contributed by atoms with E-state index in [-0.39, 0.29) is 0 Å². The zero-order chi connectivity index (χ0) is 12.5. The quantitative estimate of drug-likeness (QED) is 0.517. The maximum absolute atomic E-state index is 3.74. The number of benzene rings is 1. The second-order valence-electron chi connectivity index (χ2n) is 4.67. The molecule has 0 aliphatic heterocycles. The first-order valence-electron chi connectivity index (χ1n) is 6.65. The van der Waals surface area contributed by atoms with E-state index in [1.807, 2.05) is 6.08 Å². The molecule has 1 nitrogen and oxygen atoms in total. The van der Waals surface area contributed by atoms with Crippen molar-refractivity contribution in [3.63, 3.8) is 0 Å². The highest BCUT2D eigenvalue weighted by Crippen LogP contribution is 2.16. The highest BCUT2D eigenvalue weighted by molar-refractivity contribution is 5.28. The zero-order valence-corrected chi connectivity index (χ0v) is 11.2. The molecular weight excluding hydrogens is 206 g/mol. The molecule has 1 atom stereocenters. The summed E-state index contributed by atoms with van der Waals surface area (Å²) in [5, 5.41) is 3.59. The maximum Gasteiger partial charge on any atom is 0.0294 e. The molecule has 1 N–H and O–H groups in total. The average Bonchev–Trinajstić information content (AvgIpc) is 2.34. The van der Waals surface area contributed by atoms with Gasteiger partial charge in [0, 0.05) is 6.04 Å². The molecule has 94 valence electrons. The van der Waals surface area contributed by atoms with Crippen LogP contribution in [-0.4, -0.2) is 6.54 Å². The Balaban J connectivity index is 2.23. The van der Waals surface area contributed by atoms with Crippen molar-refractivity contribution >= 4 is 0 Å². The Hall–Kier alpha value is -1.08. The van der Waals surface area contributed by atoms with Crippen LogP contribution in [-0.2, 0) is 0 Å². The molecule has 0 amide bonds. The van der Waals surface area contributed by atoms with Gasteiger partial charge in [-0.05, 0) is 50.8 Å². The minimum Gasteiger partial charge on any atom is -0.310 e. The number of unbranched alkanes of at least 4 members (excludes halogenated alkanes) is 3. The molecule has 0 saturated heterocycles.